The molecule has 0 saturated heterocycles. The highest BCUT2D eigenvalue weighted by molar-refractivity contribution is 9.10. The topological polar surface area (TPSA) is 92.3 Å². The molecule has 8 nitrogen and oxygen atoms in total. The highest BCUT2D eigenvalue weighted by Gasteiger charge is 2.35. The third kappa shape index (κ3) is 5.78. The van der Waals surface area contributed by atoms with Crippen LogP contribution in [0.3, 0.4) is 0 Å². The summed E-state index contributed by atoms with van der Waals surface area (Å²) in [5, 5.41) is 0. The van der Waals surface area contributed by atoms with Gasteiger partial charge in [0, 0.05) is 16.1 Å². The Morgan fingerprint density at radius 3 is 2.53 bits per heavy atom. The lowest BCUT2D eigenvalue weighted by molar-refractivity contribution is -0.139. The highest BCUT2D eigenvalue weighted by atomic mass is 79.9. The number of hydrogen-bond donors (Lipinski definition) is 0. The molecular formula is C30H24BrF3N2O6S. The second-order valence-electron chi connectivity index (χ2n) is 9.31. The summed E-state index contributed by atoms with van der Waals surface area (Å²) in [6, 6.07) is 10.3. The molecule has 1 aliphatic rings. The number of allylic oxidation sites excluding steroid dienone is 1. The van der Waals surface area contributed by atoms with Gasteiger partial charge in [-0.25, -0.2) is 9.79 Å². The summed E-state index contributed by atoms with van der Waals surface area (Å²) in [6.07, 6.45) is -3.01. The SMILES string of the molecule is CCOC(=O)C1=C(C)N=c2sc(=Cc3ccc(-c4cccc(C(F)(F)F)c4)o3)c(=O)n2C1c1cc(OC)c(OC)cc1Br. The van der Waals surface area contributed by atoms with E-state index in [9.17, 15) is 22.8 Å². The average molecular weight is 677 g/mol. The van der Waals surface area contributed by atoms with E-state index in [0.29, 0.717) is 32.0 Å². The standard InChI is InChI=1S/C30H24BrF3N2O6S/c1-5-41-28(38)25-15(2)35-29-36(26(25)19-13-22(39-3)23(40-4)14-20(19)31)27(37)24(43-29)12-18-9-10-21(42-18)16-7-6-8-17(11-16)30(32,33)34/h6-14,26H,5H2,1-4H3. The molecule has 4 aromatic rings. The number of carbonyl (C=O) groups excluding carboxylic acids is 1. The number of benzene rings is 2. The molecule has 1 aliphatic heterocycles. The van der Waals surface area contributed by atoms with Gasteiger partial charge >= 0.3 is 12.1 Å². The number of alkyl halides is 3. The molecule has 224 valence electrons. The average Bonchev–Trinajstić information content (AvgIpc) is 3.56. The third-order valence-electron chi connectivity index (χ3n) is 6.69. The molecule has 5 rings (SSSR count). The maximum absolute atomic E-state index is 13.9. The number of aromatic nitrogens is 1. The van der Waals surface area contributed by atoms with Crippen LogP contribution in [0.4, 0.5) is 13.2 Å². The van der Waals surface area contributed by atoms with Crippen molar-refractivity contribution in [2.75, 3.05) is 20.8 Å². The minimum Gasteiger partial charge on any atom is -0.493 e. The van der Waals surface area contributed by atoms with E-state index < -0.39 is 29.3 Å². The van der Waals surface area contributed by atoms with Crippen LogP contribution in [0.25, 0.3) is 17.4 Å². The van der Waals surface area contributed by atoms with Crippen LogP contribution in [0, 0.1) is 0 Å². The molecule has 0 saturated carbocycles. The molecule has 1 atom stereocenters. The van der Waals surface area contributed by atoms with Crippen molar-refractivity contribution in [2.24, 2.45) is 4.99 Å². The summed E-state index contributed by atoms with van der Waals surface area (Å²) in [7, 11) is 2.97. The number of rotatable bonds is 7. The summed E-state index contributed by atoms with van der Waals surface area (Å²) in [4.78, 5) is 32.0. The van der Waals surface area contributed by atoms with Gasteiger partial charge in [0.1, 0.15) is 11.5 Å². The second kappa shape index (κ2) is 11.9. The number of carbonyl (C=O) groups is 1. The van der Waals surface area contributed by atoms with Crippen molar-refractivity contribution >= 4 is 39.3 Å². The van der Waals surface area contributed by atoms with Crippen LogP contribution in [0.15, 0.2) is 78.5 Å². The number of methoxy groups -OCH3 is 2. The number of ether oxygens (including phenoxy) is 3. The fourth-order valence-corrected chi connectivity index (χ4v) is 6.29. The van der Waals surface area contributed by atoms with Gasteiger partial charge in [-0.15, -0.1) is 0 Å². The van der Waals surface area contributed by atoms with Crippen molar-refractivity contribution in [1.82, 2.24) is 4.57 Å². The first kappa shape index (κ1) is 30.4. The minimum atomic E-state index is -4.50. The molecule has 13 heteroatoms. The van der Waals surface area contributed by atoms with E-state index in [1.165, 1.54) is 43.1 Å². The lowest BCUT2D eigenvalue weighted by Crippen LogP contribution is -2.40. The zero-order valence-corrected chi connectivity index (χ0v) is 25.6. The van der Waals surface area contributed by atoms with Crippen LogP contribution in [0.1, 0.15) is 36.8 Å². The lowest BCUT2D eigenvalue weighted by Gasteiger charge is -2.26. The van der Waals surface area contributed by atoms with Gasteiger partial charge in [0.15, 0.2) is 16.3 Å². The van der Waals surface area contributed by atoms with Gasteiger partial charge in [-0.1, -0.05) is 39.4 Å². The number of thiazole rings is 1. The Balaban J connectivity index is 1.65. The number of hydrogen-bond acceptors (Lipinski definition) is 8. The molecule has 1 unspecified atom stereocenters. The summed E-state index contributed by atoms with van der Waals surface area (Å²) in [6.45, 7) is 3.47. The van der Waals surface area contributed by atoms with Crippen LogP contribution in [0.5, 0.6) is 11.5 Å². The van der Waals surface area contributed by atoms with Crippen molar-refractivity contribution in [1.29, 1.82) is 0 Å². The van der Waals surface area contributed by atoms with Crippen LogP contribution in [-0.4, -0.2) is 31.4 Å². The molecule has 0 aliphatic carbocycles. The van der Waals surface area contributed by atoms with Gasteiger partial charge < -0.3 is 18.6 Å². The quantitative estimate of drug-likeness (QED) is 0.228. The van der Waals surface area contributed by atoms with E-state index in [0.717, 1.165) is 23.5 Å². The van der Waals surface area contributed by atoms with E-state index in [1.807, 2.05) is 0 Å². The third-order valence-corrected chi connectivity index (χ3v) is 8.36. The highest BCUT2D eigenvalue weighted by Crippen LogP contribution is 2.41. The number of nitrogens with zero attached hydrogens (tertiary/aromatic N) is 2. The number of halogens is 4. The molecule has 0 bridgehead atoms. The molecular weight excluding hydrogens is 653 g/mol. The molecule has 0 amide bonds. The van der Waals surface area contributed by atoms with Gasteiger partial charge in [0.05, 0.1) is 48.2 Å². The Kier molecular flexibility index (Phi) is 8.39. The van der Waals surface area contributed by atoms with E-state index >= 15 is 0 Å². The molecule has 0 radical (unpaired) electrons. The first-order valence-corrected chi connectivity index (χ1v) is 14.5. The molecule has 2 aromatic carbocycles. The monoisotopic (exact) mass is 676 g/mol. The maximum atomic E-state index is 13.9. The van der Waals surface area contributed by atoms with Gasteiger partial charge in [-0.05, 0) is 55.8 Å². The molecule has 0 fully saturated rings. The van der Waals surface area contributed by atoms with Crippen molar-refractivity contribution in [3.63, 3.8) is 0 Å². The maximum Gasteiger partial charge on any atom is 0.416 e. The van der Waals surface area contributed by atoms with Gasteiger partial charge in [-0.2, -0.15) is 13.2 Å². The van der Waals surface area contributed by atoms with Crippen LogP contribution >= 0.6 is 27.3 Å². The van der Waals surface area contributed by atoms with Gasteiger partial charge in [0.2, 0.25) is 0 Å². The summed E-state index contributed by atoms with van der Waals surface area (Å²) >= 11 is 4.64. The predicted octanol–water partition coefficient (Wildman–Crippen LogP) is 5.86. The Hall–Kier alpha value is -4.10. The molecule has 0 N–H and O–H groups in total. The Morgan fingerprint density at radius 2 is 1.86 bits per heavy atom. The largest absolute Gasteiger partial charge is 0.493 e. The predicted molar refractivity (Wildman–Crippen MR) is 157 cm³/mol. The van der Waals surface area contributed by atoms with Gasteiger partial charge in [-0.3, -0.25) is 9.36 Å². The zero-order chi connectivity index (χ0) is 31.1. The van der Waals surface area contributed by atoms with Crippen molar-refractivity contribution < 1.29 is 36.6 Å². The second-order valence-corrected chi connectivity index (χ2v) is 11.2. The number of fused-ring (bicyclic) bond motifs is 1. The zero-order valence-electron chi connectivity index (χ0n) is 23.2. The molecule has 0 spiro atoms. The van der Waals surface area contributed by atoms with Crippen LogP contribution in [0.2, 0.25) is 0 Å². The van der Waals surface area contributed by atoms with E-state index in [1.54, 1.807) is 32.0 Å². The fraction of sp³-hybridized carbons (Fsp3) is 0.233. The molecule has 2 aromatic heterocycles. The van der Waals surface area contributed by atoms with Crippen molar-refractivity contribution in [3.8, 4) is 22.8 Å². The summed E-state index contributed by atoms with van der Waals surface area (Å²) < 4.78 is 63.9. The first-order chi connectivity index (χ1) is 20.5. The van der Waals surface area contributed by atoms with Crippen LogP contribution in [-0.2, 0) is 15.7 Å². The van der Waals surface area contributed by atoms with Crippen molar-refractivity contribution in [3.05, 3.63) is 101 Å². The normalized spacial score (nSPS) is 15.3. The first-order valence-electron chi connectivity index (χ1n) is 12.8. The fourth-order valence-electron chi connectivity index (χ4n) is 4.73. The number of esters is 1. The summed E-state index contributed by atoms with van der Waals surface area (Å²) in [5.74, 6) is 0.666. The Bertz CT molecular complexity index is 1940. The Labute approximate surface area is 255 Å². The number of furan rings is 1. The molecule has 3 heterocycles. The minimum absolute atomic E-state index is 0.118. The summed E-state index contributed by atoms with van der Waals surface area (Å²) in [5.41, 5.74) is 0.0739. The smallest absolute Gasteiger partial charge is 0.416 e. The van der Waals surface area contributed by atoms with Crippen molar-refractivity contribution in [2.45, 2.75) is 26.1 Å². The van der Waals surface area contributed by atoms with E-state index in [4.69, 9.17) is 18.6 Å². The van der Waals surface area contributed by atoms with Crippen LogP contribution < -0.4 is 24.4 Å². The van der Waals surface area contributed by atoms with Gasteiger partial charge in [0.25, 0.3) is 5.56 Å². The lowest BCUT2D eigenvalue weighted by atomic mass is 9.95. The Morgan fingerprint density at radius 1 is 1.14 bits per heavy atom. The van der Waals surface area contributed by atoms with E-state index in [-0.39, 0.29) is 33.8 Å². The van der Waals surface area contributed by atoms with E-state index in [2.05, 4.69) is 20.9 Å². The molecule has 43 heavy (non-hydrogen) atoms.